The number of hydrogen-bond acceptors (Lipinski definition) is 5. The molecule has 192 valence electrons. The van der Waals surface area contributed by atoms with E-state index in [1.807, 2.05) is 0 Å². The van der Waals surface area contributed by atoms with E-state index >= 15 is 0 Å². The zero-order valence-corrected chi connectivity index (χ0v) is 20.7. The molecular weight excluding hydrogens is 512 g/mol. The van der Waals surface area contributed by atoms with Crippen LogP contribution in [0.2, 0.25) is 0 Å². The van der Waals surface area contributed by atoms with Crippen molar-refractivity contribution in [3.05, 3.63) is 29.3 Å². The number of anilines is 1. The van der Waals surface area contributed by atoms with E-state index in [0.717, 1.165) is 12.1 Å². The Hall–Kier alpha value is -2.71. The summed E-state index contributed by atoms with van der Waals surface area (Å²) in [6.45, 7) is 3.74. The average Bonchev–Trinajstić information content (AvgIpc) is 2.96. The van der Waals surface area contributed by atoms with Crippen LogP contribution >= 0.6 is 23.2 Å². The zero-order chi connectivity index (χ0) is 26.4. The summed E-state index contributed by atoms with van der Waals surface area (Å²) in [5, 5.41) is 8.97. The van der Waals surface area contributed by atoms with Gasteiger partial charge in [-0.05, 0) is 44.9 Å². The molecule has 0 N–H and O–H groups in total. The third kappa shape index (κ3) is 6.49. The van der Waals surface area contributed by atoms with E-state index in [0.29, 0.717) is 23.8 Å². The molecule has 1 heterocycles. The van der Waals surface area contributed by atoms with Crippen LogP contribution in [0.5, 0.6) is 0 Å². The van der Waals surface area contributed by atoms with Gasteiger partial charge in [0.15, 0.2) is 0 Å². The smallest absolute Gasteiger partial charge is 0.417 e. The molecule has 2 rings (SSSR count). The van der Waals surface area contributed by atoms with E-state index in [1.165, 1.54) is 29.7 Å². The predicted octanol–water partition coefficient (Wildman–Crippen LogP) is 4.82. The summed E-state index contributed by atoms with van der Waals surface area (Å²) < 4.78 is 45.3. The molecule has 0 aromatic heterocycles. The lowest BCUT2D eigenvalue weighted by Crippen LogP contribution is -2.44. The first-order valence-corrected chi connectivity index (χ1v) is 11.8. The number of halogens is 5. The normalized spacial score (nSPS) is 15.4. The number of nitrogens with zero attached hydrogens (tertiary/aromatic N) is 4. The van der Waals surface area contributed by atoms with Crippen LogP contribution in [0.4, 0.5) is 28.4 Å². The van der Waals surface area contributed by atoms with Crippen LogP contribution in [0.1, 0.15) is 37.8 Å². The molecule has 1 aromatic rings. The number of urea groups is 1. The number of alkyl halides is 5. The molecule has 0 saturated carbocycles. The predicted molar refractivity (Wildman–Crippen MR) is 123 cm³/mol. The molecule has 35 heavy (non-hydrogen) atoms. The lowest BCUT2D eigenvalue weighted by atomic mass is 10.0. The molecule has 0 atom stereocenters. The third-order valence-electron chi connectivity index (χ3n) is 5.48. The van der Waals surface area contributed by atoms with E-state index in [9.17, 15) is 27.6 Å². The maximum Gasteiger partial charge on any atom is 0.417 e. The highest BCUT2D eigenvalue weighted by Crippen LogP contribution is 2.37. The fraction of sp³-hybridized carbons (Fsp3) is 0.545. The molecule has 13 heteroatoms. The Morgan fingerprint density at radius 3 is 2.34 bits per heavy atom. The largest absolute Gasteiger partial charge is 0.449 e. The number of benzene rings is 1. The summed E-state index contributed by atoms with van der Waals surface area (Å²) in [6.07, 6.45) is -4.64. The summed E-state index contributed by atoms with van der Waals surface area (Å²) in [5.41, 5.74) is -3.41. The zero-order valence-electron chi connectivity index (χ0n) is 19.2. The second kappa shape index (κ2) is 11.8. The Labute approximate surface area is 211 Å². The maximum atomic E-state index is 13.4. The number of carbonyl (C=O) groups is 3. The van der Waals surface area contributed by atoms with Crippen molar-refractivity contribution in [2.45, 2.75) is 38.4 Å². The molecule has 0 unspecified atom stereocenters. The number of ether oxygens (including phenoxy) is 1. The second-order valence-electron chi connectivity index (χ2n) is 8.16. The van der Waals surface area contributed by atoms with Crippen LogP contribution in [0.25, 0.3) is 0 Å². The van der Waals surface area contributed by atoms with Gasteiger partial charge in [0.05, 0.1) is 29.5 Å². The fourth-order valence-electron chi connectivity index (χ4n) is 3.56. The molecule has 1 fully saturated rings. The van der Waals surface area contributed by atoms with Gasteiger partial charge < -0.3 is 14.5 Å². The topological polar surface area (TPSA) is 94.0 Å². The number of carbonyl (C=O) groups excluding carboxylic acids is 3. The average molecular weight is 537 g/mol. The Kier molecular flexibility index (Phi) is 9.63. The first-order chi connectivity index (χ1) is 16.4. The van der Waals surface area contributed by atoms with Crippen molar-refractivity contribution in [2.24, 2.45) is 0 Å². The lowest BCUT2D eigenvalue weighted by Gasteiger charge is -2.27. The molecular formula is C22H25Cl2F3N4O4. The Morgan fingerprint density at radius 1 is 1.17 bits per heavy atom. The maximum absolute atomic E-state index is 13.4. The van der Waals surface area contributed by atoms with E-state index in [4.69, 9.17) is 33.2 Å². The number of nitriles is 1. The number of hydrogen-bond donors (Lipinski definition) is 0. The van der Waals surface area contributed by atoms with Crippen LogP contribution in [0.15, 0.2) is 18.2 Å². The van der Waals surface area contributed by atoms with Crippen molar-refractivity contribution in [3.8, 4) is 6.07 Å². The van der Waals surface area contributed by atoms with Gasteiger partial charge in [0.2, 0.25) is 0 Å². The van der Waals surface area contributed by atoms with Crippen molar-refractivity contribution in [1.29, 1.82) is 5.26 Å². The molecule has 1 aliphatic heterocycles. The van der Waals surface area contributed by atoms with Crippen LogP contribution in [-0.4, -0.2) is 71.4 Å². The van der Waals surface area contributed by atoms with Gasteiger partial charge in [0, 0.05) is 31.4 Å². The van der Waals surface area contributed by atoms with E-state index in [-0.39, 0.29) is 43.7 Å². The molecule has 0 radical (unpaired) electrons. The Bertz CT molecular complexity index is 992. The van der Waals surface area contributed by atoms with E-state index in [1.54, 1.807) is 0 Å². The number of imide groups is 1. The molecule has 1 aromatic carbocycles. The van der Waals surface area contributed by atoms with Gasteiger partial charge in [0.1, 0.15) is 5.54 Å². The van der Waals surface area contributed by atoms with Gasteiger partial charge in [0.25, 0.3) is 5.91 Å². The molecule has 0 spiro atoms. The second-order valence-corrected chi connectivity index (χ2v) is 8.92. The van der Waals surface area contributed by atoms with E-state index < -0.39 is 40.9 Å². The minimum atomic E-state index is -4.83. The SMILES string of the molecule is CC1(C)C(=O)N(c2ccc(C#N)c(C(F)(F)F)c2)C(=O)N1CCCCOC(=O)N(CCCl)CCCl. The van der Waals surface area contributed by atoms with Crippen LogP contribution in [-0.2, 0) is 15.7 Å². The highest BCUT2D eigenvalue weighted by atomic mass is 35.5. The molecule has 0 bridgehead atoms. The van der Waals surface area contributed by atoms with Crippen LogP contribution in [0.3, 0.4) is 0 Å². The minimum absolute atomic E-state index is 0.0601. The van der Waals surface area contributed by atoms with Gasteiger partial charge >= 0.3 is 18.3 Å². The van der Waals surface area contributed by atoms with Gasteiger partial charge in [-0.2, -0.15) is 18.4 Å². The Balaban J connectivity index is 2.06. The highest BCUT2D eigenvalue weighted by Gasteiger charge is 2.51. The van der Waals surface area contributed by atoms with Gasteiger partial charge in [-0.3, -0.25) is 4.79 Å². The van der Waals surface area contributed by atoms with E-state index in [2.05, 4.69) is 0 Å². The standard InChI is InChI=1S/C22H25Cl2F3N4O4/c1-21(2)18(32)31(16-6-5-15(14-28)17(13-16)22(25,26)27)19(33)30(21)9-3-4-12-35-20(34)29(10-7-23)11-8-24/h5-6,13H,3-4,7-12H2,1-2H3. The van der Waals surface area contributed by atoms with Gasteiger partial charge in [-0.15, -0.1) is 23.2 Å². The summed E-state index contributed by atoms with van der Waals surface area (Å²) in [7, 11) is 0. The van der Waals surface area contributed by atoms with Crippen molar-refractivity contribution < 1.29 is 32.3 Å². The lowest BCUT2D eigenvalue weighted by molar-refractivity contribution is -0.137. The molecule has 0 aliphatic carbocycles. The summed E-state index contributed by atoms with van der Waals surface area (Å²) >= 11 is 11.3. The van der Waals surface area contributed by atoms with Crippen molar-refractivity contribution in [3.63, 3.8) is 0 Å². The number of rotatable bonds is 10. The summed E-state index contributed by atoms with van der Waals surface area (Å²) in [4.78, 5) is 41.4. The Morgan fingerprint density at radius 2 is 1.80 bits per heavy atom. The number of unbranched alkanes of at least 4 members (excludes halogenated alkanes) is 1. The molecule has 1 aliphatic rings. The first kappa shape index (κ1) is 28.5. The molecule has 8 nitrogen and oxygen atoms in total. The third-order valence-corrected chi connectivity index (χ3v) is 5.82. The fourth-order valence-corrected chi connectivity index (χ4v) is 3.97. The van der Waals surface area contributed by atoms with Crippen molar-refractivity contribution in [2.75, 3.05) is 42.9 Å². The summed E-state index contributed by atoms with van der Waals surface area (Å²) in [6, 6.07) is 3.38. The highest BCUT2D eigenvalue weighted by molar-refractivity contribution is 6.23. The van der Waals surface area contributed by atoms with Crippen LogP contribution in [0, 0.1) is 11.3 Å². The molecule has 1 saturated heterocycles. The minimum Gasteiger partial charge on any atom is -0.449 e. The quantitative estimate of drug-likeness (QED) is 0.242. The first-order valence-electron chi connectivity index (χ1n) is 10.7. The number of amides is 4. The summed E-state index contributed by atoms with van der Waals surface area (Å²) in [5.74, 6) is -0.233. The van der Waals surface area contributed by atoms with Gasteiger partial charge in [-0.1, -0.05) is 0 Å². The van der Waals surface area contributed by atoms with Crippen LogP contribution < -0.4 is 4.90 Å². The molecule has 4 amide bonds. The van der Waals surface area contributed by atoms with Crippen molar-refractivity contribution >= 4 is 46.9 Å². The van der Waals surface area contributed by atoms with Gasteiger partial charge in [-0.25, -0.2) is 14.5 Å². The van der Waals surface area contributed by atoms with Crippen molar-refractivity contribution in [1.82, 2.24) is 9.80 Å². The monoisotopic (exact) mass is 536 g/mol.